The normalized spacial score (nSPS) is 20.3. The van der Waals surface area contributed by atoms with E-state index in [1.807, 2.05) is 0 Å². The molecule has 0 saturated carbocycles. The molecule has 22 heavy (non-hydrogen) atoms. The Hall–Kier alpha value is 0.310. The van der Waals surface area contributed by atoms with Crippen molar-refractivity contribution in [2.75, 3.05) is 46.0 Å². The van der Waals surface area contributed by atoms with Gasteiger partial charge in [-0.25, -0.2) is 0 Å². The van der Waals surface area contributed by atoms with E-state index in [0.29, 0.717) is 5.25 Å². The molecule has 1 aliphatic heterocycles. The van der Waals surface area contributed by atoms with Crippen LogP contribution in [0.3, 0.4) is 0 Å². The van der Waals surface area contributed by atoms with Crippen LogP contribution in [0.25, 0.3) is 0 Å². The smallest absolute Gasteiger partial charge is 0.194 e. The number of hydrogen-bond acceptors (Lipinski definition) is 3. The molecule has 0 aromatic rings. The standard InChI is InChI=1S/C16H34N4S.HI/c1-8-17-15(18-12-16(4,5)19(6)7)20-9-10-21-14(11-20)13(2)3;/h13-14H,8-12H2,1-7H3,(H,17,18);1H. The van der Waals surface area contributed by atoms with Crippen molar-refractivity contribution >= 4 is 41.7 Å². The van der Waals surface area contributed by atoms with Crippen molar-refractivity contribution in [1.82, 2.24) is 15.1 Å². The molecule has 4 nitrogen and oxygen atoms in total. The van der Waals surface area contributed by atoms with Crippen LogP contribution in [0.15, 0.2) is 4.99 Å². The summed E-state index contributed by atoms with van der Waals surface area (Å²) in [7, 11) is 4.24. The minimum atomic E-state index is 0. The average molecular weight is 442 g/mol. The lowest BCUT2D eigenvalue weighted by Crippen LogP contribution is -2.50. The third-order valence-corrected chi connectivity index (χ3v) is 5.84. The molecule has 0 radical (unpaired) electrons. The molecule has 0 spiro atoms. The Balaban J connectivity index is 0.00000441. The van der Waals surface area contributed by atoms with E-state index < -0.39 is 0 Å². The van der Waals surface area contributed by atoms with Gasteiger partial charge in [-0.15, -0.1) is 24.0 Å². The highest BCUT2D eigenvalue weighted by atomic mass is 127. The van der Waals surface area contributed by atoms with Crippen LogP contribution in [-0.4, -0.2) is 72.6 Å². The number of aliphatic imine (C=N–C) groups is 1. The zero-order valence-corrected chi connectivity index (χ0v) is 18.5. The van der Waals surface area contributed by atoms with E-state index in [2.05, 4.69) is 75.6 Å². The quantitative estimate of drug-likeness (QED) is 0.403. The molecule has 132 valence electrons. The van der Waals surface area contributed by atoms with E-state index in [-0.39, 0.29) is 29.5 Å². The lowest BCUT2D eigenvalue weighted by Gasteiger charge is -2.37. The fourth-order valence-corrected chi connectivity index (χ4v) is 3.41. The van der Waals surface area contributed by atoms with Crippen LogP contribution in [-0.2, 0) is 0 Å². The summed E-state index contributed by atoms with van der Waals surface area (Å²) in [6, 6.07) is 0. The molecule has 1 atom stereocenters. The summed E-state index contributed by atoms with van der Waals surface area (Å²) in [5.74, 6) is 3.00. The highest BCUT2D eigenvalue weighted by molar-refractivity contribution is 14.0. The van der Waals surface area contributed by atoms with Gasteiger partial charge in [0.25, 0.3) is 0 Å². The van der Waals surface area contributed by atoms with Gasteiger partial charge >= 0.3 is 0 Å². The van der Waals surface area contributed by atoms with Gasteiger partial charge < -0.3 is 15.1 Å². The summed E-state index contributed by atoms with van der Waals surface area (Å²) in [5.41, 5.74) is 0.0860. The van der Waals surface area contributed by atoms with Gasteiger partial charge in [0.2, 0.25) is 0 Å². The highest BCUT2D eigenvalue weighted by Crippen LogP contribution is 2.25. The fourth-order valence-electron chi connectivity index (χ4n) is 2.11. The summed E-state index contributed by atoms with van der Waals surface area (Å²) >= 11 is 2.11. The predicted octanol–water partition coefficient (Wildman–Crippen LogP) is 2.98. The molecule has 0 aliphatic carbocycles. The first-order valence-corrected chi connectivity index (χ1v) is 9.15. The maximum atomic E-state index is 4.90. The molecule has 1 unspecified atom stereocenters. The monoisotopic (exact) mass is 442 g/mol. The number of halogens is 1. The number of hydrogen-bond donors (Lipinski definition) is 1. The van der Waals surface area contributed by atoms with Crippen LogP contribution in [0, 0.1) is 5.92 Å². The molecular formula is C16H35IN4S. The molecule has 0 amide bonds. The Kier molecular flexibility index (Phi) is 10.4. The van der Waals surface area contributed by atoms with Gasteiger partial charge in [-0.05, 0) is 40.8 Å². The van der Waals surface area contributed by atoms with Crippen molar-refractivity contribution in [3.05, 3.63) is 0 Å². The first-order chi connectivity index (χ1) is 9.77. The van der Waals surface area contributed by atoms with E-state index in [1.165, 1.54) is 5.75 Å². The lowest BCUT2D eigenvalue weighted by atomic mass is 10.1. The minimum Gasteiger partial charge on any atom is -0.357 e. The van der Waals surface area contributed by atoms with Crippen LogP contribution in [0.1, 0.15) is 34.6 Å². The molecule has 1 saturated heterocycles. The van der Waals surface area contributed by atoms with Crippen molar-refractivity contribution in [3.63, 3.8) is 0 Å². The first-order valence-electron chi connectivity index (χ1n) is 8.10. The van der Waals surface area contributed by atoms with Crippen LogP contribution in [0.5, 0.6) is 0 Å². The van der Waals surface area contributed by atoms with Gasteiger partial charge in [0, 0.05) is 36.2 Å². The molecule has 6 heteroatoms. The number of rotatable bonds is 5. The fraction of sp³-hybridized carbons (Fsp3) is 0.938. The average Bonchev–Trinajstić information content (AvgIpc) is 2.43. The molecular weight excluding hydrogens is 407 g/mol. The van der Waals surface area contributed by atoms with Gasteiger partial charge in [-0.2, -0.15) is 11.8 Å². The van der Waals surface area contributed by atoms with E-state index in [9.17, 15) is 0 Å². The van der Waals surface area contributed by atoms with Crippen molar-refractivity contribution < 1.29 is 0 Å². The molecule has 1 rings (SSSR count). The number of thioether (sulfide) groups is 1. The second kappa shape index (κ2) is 10.2. The van der Waals surface area contributed by atoms with Gasteiger partial charge in [0.05, 0.1) is 6.54 Å². The second-order valence-corrected chi connectivity index (χ2v) is 8.32. The number of likely N-dealkylation sites (N-methyl/N-ethyl adjacent to an activating group) is 1. The topological polar surface area (TPSA) is 30.9 Å². The van der Waals surface area contributed by atoms with Crippen LogP contribution >= 0.6 is 35.7 Å². The first kappa shape index (κ1) is 22.3. The SMILES string of the molecule is CCNC(=NCC(C)(C)N(C)C)N1CCSC(C(C)C)C1.I. The summed E-state index contributed by atoms with van der Waals surface area (Å²) in [4.78, 5) is 9.58. The van der Waals surface area contributed by atoms with E-state index in [0.717, 1.165) is 38.1 Å². The highest BCUT2D eigenvalue weighted by Gasteiger charge is 2.26. The van der Waals surface area contributed by atoms with Crippen LogP contribution in [0.2, 0.25) is 0 Å². The Morgan fingerprint density at radius 2 is 2.05 bits per heavy atom. The second-order valence-electron chi connectivity index (χ2n) is 6.98. The molecule has 1 N–H and O–H groups in total. The summed E-state index contributed by atoms with van der Waals surface area (Å²) in [6.45, 7) is 15.2. The van der Waals surface area contributed by atoms with Crippen molar-refractivity contribution in [1.29, 1.82) is 0 Å². The maximum Gasteiger partial charge on any atom is 0.194 e. The number of guanidine groups is 1. The molecule has 1 heterocycles. The third kappa shape index (κ3) is 6.83. The number of nitrogens with one attached hydrogen (secondary N) is 1. The summed E-state index contributed by atoms with van der Waals surface area (Å²) < 4.78 is 0. The maximum absolute atomic E-state index is 4.90. The van der Waals surface area contributed by atoms with E-state index >= 15 is 0 Å². The minimum absolute atomic E-state index is 0. The van der Waals surface area contributed by atoms with E-state index in [1.54, 1.807) is 0 Å². The van der Waals surface area contributed by atoms with Gasteiger partial charge in [0.1, 0.15) is 0 Å². The lowest BCUT2D eigenvalue weighted by molar-refractivity contribution is 0.204. The zero-order valence-electron chi connectivity index (χ0n) is 15.3. The molecule has 0 bridgehead atoms. The van der Waals surface area contributed by atoms with Crippen LogP contribution in [0.4, 0.5) is 0 Å². The Morgan fingerprint density at radius 1 is 1.41 bits per heavy atom. The van der Waals surface area contributed by atoms with Gasteiger partial charge in [-0.1, -0.05) is 13.8 Å². The molecule has 1 fully saturated rings. The molecule has 0 aromatic carbocycles. The molecule has 1 aliphatic rings. The predicted molar refractivity (Wildman–Crippen MR) is 112 cm³/mol. The summed E-state index contributed by atoms with van der Waals surface area (Å²) in [5, 5.41) is 4.18. The Morgan fingerprint density at radius 3 is 2.55 bits per heavy atom. The Labute approximate surface area is 158 Å². The van der Waals surface area contributed by atoms with Crippen LogP contribution < -0.4 is 5.32 Å². The molecule has 0 aromatic heterocycles. The van der Waals surface area contributed by atoms with Crippen molar-refractivity contribution in [2.24, 2.45) is 10.9 Å². The summed E-state index contributed by atoms with van der Waals surface area (Å²) in [6.07, 6.45) is 0. The largest absolute Gasteiger partial charge is 0.357 e. The third-order valence-electron chi connectivity index (χ3n) is 4.30. The van der Waals surface area contributed by atoms with Crippen molar-refractivity contribution in [2.45, 2.75) is 45.4 Å². The number of nitrogens with zero attached hydrogens (tertiary/aromatic N) is 3. The van der Waals surface area contributed by atoms with Gasteiger partial charge in [-0.3, -0.25) is 4.99 Å². The Bertz CT molecular complexity index is 345. The zero-order chi connectivity index (χ0) is 16.0. The van der Waals surface area contributed by atoms with Gasteiger partial charge in [0.15, 0.2) is 5.96 Å². The van der Waals surface area contributed by atoms with E-state index in [4.69, 9.17) is 4.99 Å². The van der Waals surface area contributed by atoms with Crippen molar-refractivity contribution in [3.8, 4) is 0 Å².